The van der Waals surface area contributed by atoms with E-state index in [4.69, 9.17) is 17.3 Å². The largest absolute Gasteiger partial charge is 0.355 e. The van der Waals surface area contributed by atoms with Crippen molar-refractivity contribution in [1.82, 2.24) is 5.32 Å². The molecular formula is C20H28Cl2N2O. The van der Waals surface area contributed by atoms with E-state index in [2.05, 4.69) is 11.4 Å². The third-order valence-corrected chi connectivity index (χ3v) is 7.01. The molecule has 1 aromatic rings. The van der Waals surface area contributed by atoms with Crippen molar-refractivity contribution in [3.63, 3.8) is 0 Å². The molecule has 3 aliphatic rings. The van der Waals surface area contributed by atoms with E-state index in [9.17, 15) is 4.79 Å². The van der Waals surface area contributed by atoms with Gasteiger partial charge in [0, 0.05) is 28.9 Å². The van der Waals surface area contributed by atoms with Gasteiger partial charge in [0.15, 0.2) is 0 Å². The second kappa shape index (κ2) is 7.46. The maximum atomic E-state index is 12.7. The van der Waals surface area contributed by atoms with Crippen LogP contribution in [-0.4, -0.2) is 18.5 Å². The Morgan fingerprint density at radius 3 is 2.44 bits per heavy atom. The zero-order valence-electron chi connectivity index (χ0n) is 14.5. The standard InChI is InChI=1S/C20H27ClN2O.ClH/c21-17-7-2-1-6-16(17)20(8-9-20)12-23-19(24)15-10-13-4-3-5-14(11-15)18(13)22;/h1-2,6-7,13-15,18H,3-5,8-12,22H2,(H,23,24);1H. The summed E-state index contributed by atoms with van der Waals surface area (Å²) < 4.78 is 0. The van der Waals surface area contributed by atoms with Gasteiger partial charge in [0.05, 0.1) is 0 Å². The Hall–Kier alpha value is -0.770. The number of fused-ring (bicyclic) bond motifs is 2. The summed E-state index contributed by atoms with van der Waals surface area (Å²) in [4.78, 5) is 12.7. The molecule has 3 N–H and O–H groups in total. The first-order chi connectivity index (χ1) is 11.6. The lowest BCUT2D eigenvalue weighted by atomic mass is 9.65. The molecule has 0 aliphatic heterocycles. The van der Waals surface area contributed by atoms with Crippen LogP contribution < -0.4 is 11.1 Å². The molecule has 0 saturated heterocycles. The van der Waals surface area contributed by atoms with Gasteiger partial charge in [0.2, 0.25) is 5.91 Å². The summed E-state index contributed by atoms with van der Waals surface area (Å²) in [6.07, 6.45) is 7.85. The van der Waals surface area contributed by atoms with Crippen LogP contribution in [0, 0.1) is 17.8 Å². The lowest BCUT2D eigenvalue weighted by Gasteiger charge is -2.43. The number of nitrogens with one attached hydrogen (secondary N) is 1. The summed E-state index contributed by atoms with van der Waals surface area (Å²) in [5, 5.41) is 4.07. The molecule has 138 valence electrons. The molecule has 5 heteroatoms. The van der Waals surface area contributed by atoms with E-state index in [1.807, 2.05) is 18.2 Å². The highest BCUT2D eigenvalue weighted by Crippen LogP contribution is 2.50. The highest BCUT2D eigenvalue weighted by atomic mass is 35.5. The number of hydrogen-bond donors (Lipinski definition) is 2. The van der Waals surface area contributed by atoms with Crippen LogP contribution in [-0.2, 0) is 10.2 Å². The lowest BCUT2D eigenvalue weighted by Crippen LogP contribution is -2.49. The highest BCUT2D eigenvalue weighted by Gasteiger charge is 2.46. The molecule has 2 atom stereocenters. The van der Waals surface area contributed by atoms with Crippen LogP contribution in [0.5, 0.6) is 0 Å². The van der Waals surface area contributed by atoms with Gasteiger partial charge in [-0.2, -0.15) is 0 Å². The van der Waals surface area contributed by atoms with E-state index in [0.29, 0.717) is 24.4 Å². The number of carbonyl (C=O) groups is 1. The van der Waals surface area contributed by atoms with E-state index in [-0.39, 0.29) is 29.6 Å². The minimum atomic E-state index is 0. The van der Waals surface area contributed by atoms with E-state index < -0.39 is 0 Å². The van der Waals surface area contributed by atoms with Crippen LogP contribution in [0.2, 0.25) is 5.02 Å². The molecule has 3 fully saturated rings. The molecule has 1 aromatic carbocycles. The quantitative estimate of drug-likeness (QED) is 0.824. The Labute approximate surface area is 161 Å². The van der Waals surface area contributed by atoms with Crippen LogP contribution in [0.4, 0.5) is 0 Å². The van der Waals surface area contributed by atoms with Crippen LogP contribution in [0.1, 0.15) is 50.5 Å². The monoisotopic (exact) mass is 382 g/mol. The average molecular weight is 383 g/mol. The summed E-state index contributed by atoms with van der Waals surface area (Å²) in [6.45, 7) is 0.716. The van der Waals surface area contributed by atoms with Crippen molar-refractivity contribution >= 4 is 29.9 Å². The van der Waals surface area contributed by atoms with Crippen LogP contribution in [0.3, 0.4) is 0 Å². The number of benzene rings is 1. The minimum absolute atomic E-state index is 0. The van der Waals surface area contributed by atoms with Gasteiger partial charge in [-0.15, -0.1) is 12.4 Å². The number of amides is 1. The Balaban J connectivity index is 0.00000182. The molecule has 2 unspecified atom stereocenters. The fraction of sp³-hybridized carbons (Fsp3) is 0.650. The Morgan fingerprint density at radius 2 is 1.84 bits per heavy atom. The second-order valence-electron chi connectivity index (χ2n) is 8.17. The maximum absolute atomic E-state index is 12.7. The Kier molecular flexibility index (Phi) is 5.67. The molecule has 3 aliphatic carbocycles. The Bertz CT molecular complexity index is 618. The van der Waals surface area contributed by atoms with Gasteiger partial charge >= 0.3 is 0 Å². The number of nitrogens with two attached hydrogens (primary N) is 1. The third-order valence-electron chi connectivity index (χ3n) is 6.68. The van der Waals surface area contributed by atoms with Crippen molar-refractivity contribution in [2.24, 2.45) is 23.5 Å². The average Bonchev–Trinajstić information content (AvgIpc) is 3.34. The fourth-order valence-electron chi connectivity index (χ4n) is 4.99. The highest BCUT2D eigenvalue weighted by molar-refractivity contribution is 6.31. The minimum Gasteiger partial charge on any atom is -0.355 e. The van der Waals surface area contributed by atoms with Gasteiger partial charge in [-0.3, -0.25) is 4.79 Å². The normalized spacial score (nSPS) is 32.4. The number of rotatable bonds is 4. The van der Waals surface area contributed by atoms with Crippen LogP contribution in [0.15, 0.2) is 24.3 Å². The first-order valence-electron chi connectivity index (χ1n) is 9.37. The predicted octanol–water partition coefficient (Wildman–Crippen LogP) is 4.06. The van der Waals surface area contributed by atoms with Gasteiger partial charge in [-0.05, 0) is 62.0 Å². The molecule has 3 nitrogen and oxygen atoms in total. The molecule has 0 radical (unpaired) electrons. The first-order valence-corrected chi connectivity index (χ1v) is 9.75. The smallest absolute Gasteiger partial charge is 0.223 e. The molecule has 4 rings (SSSR count). The number of carbonyl (C=O) groups excluding carboxylic acids is 1. The zero-order valence-corrected chi connectivity index (χ0v) is 16.1. The topological polar surface area (TPSA) is 55.1 Å². The Morgan fingerprint density at radius 1 is 1.20 bits per heavy atom. The van der Waals surface area contributed by atoms with E-state index in [1.54, 1.807) is 0 Å². The number of halogens is 2. The number of hydrogen-bond acceptors (Lipinski definition) is 2. The summed E-state index contributed by atoms with van der Waals surface area (Å²) in [5.41, 5.74) is 7.60. The summed E-state index contributed by atoms with van der Waals surface area (Å²) in [7, 11) is 0. The molecule has 0 aromatic heterocycles. The van der Waals surface area contributed by atoms with Crippen LogP contribution >= 0.6 is 24.0 Å². The predicted molar refractivity (Wildman–Crippen MR) is 104 cm³/mol. The molecule has 0 spiro atoms. The zero-order chi connectivity index (χ0) is 16.7. The lowest BCUT2D eigenvalue weighted by molar-refractivity contribution is -0.128. The fourth-order valence-corrected chi connectivity index (χ4v) is 5.32. The van der Waals surface area contributed by atoms with Gasteiger partial charge in [0.25, 0.3) is 0 Å². The van der Waals surface area contributed by atoms with E-state index in [0.717, 1.165) is 30.7 Å². The van der Waals surface area contributed by atoms with Crippen molar-refractivity contribution in [2.45, 2.75) is 56.4 Å². The molecular weight excluding hydrogens is 355 g/mol. The van der Waals surface area contributed by atoms with Crippen molar-refractivity contribution in [2.75, 3.05) is 6.54 Å². The first kappa shape index (κ1) is 19.0. The van der Waals surface area contributed by atoms with Crippen molar-refractivity contribution in [1.29, 1.82) is 0 Å². The van der Waals surface area contributed by atoms with Crippen molar-refractivity contribution < 1.29 is 4.79 Å². The molecule has 3 saturated carbocycles. The van der Waals surface area contributed by atoms with Crippen molar-refractivity contribution in [3.8, 4) is 0 Å². The van der Waals surface area contributed by atoms with Crippen molar-refractivity contribution in [3.05, 3.63) is 34.9 Å². The maximum Gasteiger partial charge on any atom is 0.223 e. The third kappa shape index (κ3) is 3.70. The molecule has 2 bridgehead atoms. The SMILES string of the molecule is Cl.NC1C2CCCC1CC(C(=O)NCC1(c3ccccc3Cl)CC1)C2. The molecule has 1 amide bonds. The van der Waals surface area contributed by atoms with Gasteiger partial charge in [-0.25, -0.2) is 0 Å². The second-order valence-corrected chi connectivity index (χ2v) is 8.58. The van der Waals surface area contributed by atoms with E-state index >= 15 is 0 Å². The van der Waals surface area contributed by atoms with E-state index in [1.165, 1.54) is 24.8 Å². The molecule has 25 heavy (non-hydrogen) atoms. The summed E-state index contributed by atoms with van der Waals surface area (Å²) >= 11 is 6.37. The molecule has 0 heterocycles. The summed E-state index contributed by atoms with van der Waals surface area (Å²) in [5.74, 6) is 1.48. The summed E-state index contributed by atoms with van der Waals surface area (Å²) in [6, 6.07) is 8.37. The van der Waals surface area contributed by atoms with Crippen LogP contribution in [0.25, 0.3) is 0 Å². The van der Waals surface area contributed by atoms with Gasteiger partial charge in [0.1, 0.15) is 0 Å². The van der Waals surface area contributed by atoms with Gasteiger partial charge < -0.3 is 11.1 Å². The van der Waals surface area contributed by atoms with Gasteiger partial charge in [-0.1, -0.05) is 36.2 Å².